The summed E-state index contributed by atoms with van der Waals surface area (Å²) >= 11 is 2.06. The third-order valence-electron chi connectivity index (χ3n) is 0.933. The minimum Gasteiger partial charge on any atom is -0.327 e. The molecular weight excluding hydrogens is 92.1 g/mol. The van der Waals surface area contributed by atoms with Crippen LogP contribution in [0.1, 0.15) is 12.8 Å². The minimum atomic E-state index is 1.34. The van der Waals surface area contributed by atoms with E-state index in [4.69, 9.17) is 0 Å². The molecule has 0 N–H and O–H groups in total. The molecule has 0 atom stereocenters. The molecule has 0 aliphatic carbocycles. The molecule has 1 rings (SSSR count). The molecule has 0 spiro atoms. The molecular formula is C5H9S-. The van der Waals surface area contributed by atoms with Gasteiger partial charge in [0.25, 0.3) is 0 Å². The van der Waals surface area contributed by atoms with Crippen LogP contribution < -0.4 is 0 Å². The lowest BCUT2D eigenvalue weighted by Gasteiger charge is -2.16. The predicted molar refractivity (Wildman–Crippen MR) is 30.9 cm³/mol. The van der Waals surface area contributed by atoms with E-state index in [1.807, 2.05) is 0 Å². The van der Waals surface area contributed by atoms with Gasteiger partial charge in [0.05, 0.1) is 0 Å². The Morgan fingerprint density at radius 1 is 1.17 bits per heavy atom. The summed E-state index contributed by atoms with van der Waals surface area (Å²) in [5.74, 6) is 2.72. The van der Waals surface area contributed by atoms with Gasteiger partial charge in [-0.2, -0.15) is 24.6 Å². The Morgan fingerprint density at radius 2 is 1.83 bits per heavy atom. The van der Waals surface area contributed by atoms with E-state index in [-0.39, 0.29) is 0 Å². The Kier molecular flexibility index (Phi) is 1.89. The molecule has 0 amide bonds. The van der Waals surface area contributed by atoms with E-state index in [1.165, 1.54) is 24.3 Å². The summed E-state index contributed by atoms with van der Waals surface area (Å²) in [6.07, 6.45) is 5.05. The largest absolute Gasteiger partial charge is 0.327 e. The Morgan fingerprint density at radius 3 is 2.00 bits per heavy atom. The van der Waals surface area contributed by atoms with Crippen LogP contribution in [0.5, 0.6) is 0 Å². The molecule has 1 saturated heterocycles. The first-order chi connectivity index (χ1) is 3.00. The van der Waals surface area contributed by atoms with Crippen LogP contribution >= 0.6 is 11.8 Å². The highest BCUT2D eigenvalue weighted by Gasteiger charge is 1.86. The van der Waals surface area contributed by atoms with Crippen molar-refractivity contribution in [3.63, 3.8) is 0 Å². The maximum Gasteiger partial charge on any atom is -0.0339 e. The van der Waals surface area contributed by atoms with E-state index in [0.29, 0.717) is 0 Å². The number of hydrogen-bond donors (Lipinski definition) is 0. The summed E-state index contributed by atoms with van der Waals surface area (Å²) in [6.45, 7) is 0. The fourth-order valence-electron chi connectivity index (χ4n) is 0.580. The predicted octanol–water partition coefficient (Wildman–Crippen LogP) is 1.72. The van der Waals surface area contributed by atoms with Crippen molar-refractivity contribution in [2.75, 3.05) is 11.5 Å². The summed E-state index contributed by atoms with van der Waals surface area (Å²) in [4.78, 5) is 0. The van der Waals surface area contributed by atoms with E-state index >= 15 is 0 Å². The van der Waals surface area contributed by atoms with Gasteiger partial charge in [-0.05, 0) is 11.5 Å². The van der Waals surface area contributed by atoms with Crippen LogP contribution in [0.25, 0.3) is 0 Å². The third-order valence-corrected chi connectivity index (χ3v) is 1.98. The molecule has 36 valence electrons. The van der Waals surface area contributed by atoms with Crippen LogP contribution in [-0.4, -0.2) is 11.5 Å². The maximum atomic E-state index is 2.37. The van der Waals surface area contributed by atoms with Crippen molar-refractivity contribution in [3.05, 3.63) is 6.42 Å². The first kappa shape index (κ1) is 4.51. The van der Waals surface area contributed by atoms with Crippen molar-refractivity contribution in [3.8, 4) is 0 Å². The van der Waals surface area contributed by atoms with Crippen molar-refractivity contribution in [1.29, 1.82) is 0 Å². The van der Waals surface area contributed by atoms with Gasteiger partial charge in [0.1, 0.15) is 0 Å². The summed E-state index contributed by atoms with van der Waals surface area (Å²) < 4.78 is 0. The van der Waals surface area contributed by atoms with Crippen LogP contribution in [0.15, 0.2) is 0 Å². The zero-order chi connectivity index (χ0) is 4.24. The smallest absolute Gasteiger partial charge is 0.0339 e. The van der Waals surface area contributed by atoms with Crippen LogP contribution in [0.3, 0.4) is 0 Å². The SMILES string of the molecule is [CH-]1CCSCC1. The molecule has 0 unspecified atom stereocenters. The molecule has 0 nitrogen and oxygen atoms in total. The van der Waals surface area contributed by atoms with Gasteiger partial charge >= 0.3 is 0 Å². The first-order valence-electron chi connectivity index (χ1n) is 2.39. The van der Waals surface area contributed by atoms with Gasteiger partial charge < -0.3 is 6.42 Å². The lowest BCUT2D eigenvalue weighted by Crippen LogP contribution is -1.92. The quantitative estimate of drug-likeness (QED) is 0.419. The van der Waals surface area contributed by atoms with Gasteiger partial charge in [-0.15, -0.1) is 0 Å². The lowest BCUT2D eigenvalue weighted by atomic mass is 10.3. The van der Waals surface area contributed by atoms with E-state index < -0.39 is 0 Å². The van der Waals surface area contributed by atoms with Gasteiger partial charge in [0, 0.05) is 0 Å². The summed E-state index contributed by atoms with van der Waals surface area (Å²) in [5.41, 5.74) is 0. The van der Waals surface area contributed by atoms with E-state index in [0.717, 1.165) is 0 Å². The average molecular weight is 101 g/mol. The number of rotatable bonds is 0. The number of thioether (sulfide) groups is 1. The third kappa shape index (κ3) is 1.21. The highest BCUT2D eigenvalue weighted by atomic mass is 32.2. The fourth-order valence-corrected chi connectivity index (χ4v) is 1.45. The first-order valence-corrected chi connectivity index (χ1v) is 3.55. The molecule has 0 aromatic heterocycles. The van der Waals surface area contributed by atoms with E-state index in [2.05, 4.69) is 18.2 Å². The molecule has 0 aromatic rings. The van der Waals surface area contributed by atoms with Gasteiger partial charge in [-0.25, -0.2) is 0 Å². The molecule has 1 aliphatic rings. The topological polar surface area (TPSA) is 0 Å². The monoisotopic (exact) mass is 101 g/mol. The van der Waals surface area contributed by atoms with Gasteiger partial charge in [-0.3, -0.25) is 0 Å². The van der Waals surface area contributed by atoms with Gasteiger partial charge in [0.15, 0.2) is 0 Å². The summed E-state index contributed by atoms with van der Waals surface area (Å²) in [6, 6.07) is 0. The van der Waals surface area contributed by atoms with E-state index in [1.54, 1.807) is 0 Å². The molecule has 0 bridgehead atoms. The molecule has 1 aliphatic heterocycles. The highest BCUT2D eigenvalue weighted by molar-refractivity contribution is 7.99. The summed E-state index contributed by atoms with van der Waals surface area (Å²) in [5, 5.41) is 0. The Labute approximate surface area is 43.3 Å². The normalized spacial score (nSPS) is 24.0. The number of hydrogen-bond acceptors (Lipinski definition) is 1. The average Bonchev–Trinajstić information content (AvgIpc) is 1.72. The van der Waals surface area contributed by atoms with Gasteiger partial charge in [-0.1, -0.05) is 0 Å². The van der Waals surface area contributed by atoms with Crippen molar-refractivity contribution in [1.82, 2.24) is 0 Å². The fraction of sp³-hybridized carbons (Fsp3) is 0.800. The molecule has 6 heavy (non-hydrogen) atoms. The Balaban J connectivity index is 2.00. The van der Waals surface area contributed by atoms with Crippen molar-refractivity contribution < 1.29 is 0 Å². The second-order valence-electron chi connectivity index (χ2n) is 1.48. The summed E-state index contributed by atoms with van der Waals surface area (Å²) in [7, 11) is 0. The molecule has 0 aromatic carbocycles. The second kappa shape index (κ2) is 2.51. The van der Waals surface area contributed by atoms with Crippen LogP contribution in [0.2, 0.25) is 0 Å². The maximum absolute atomic E-state index is 2.37. The van der Waals surface area contributed by atoms with Gasteiger partial charge in [0.2, 0.25) is 0 Å². The second-order valence-corrected chi connectivity index (χ2v) is 2.70. The lowest BCUT2D eigenvalue weighted by molar-refractivity contribution is 0.959. The molecule has 0 radical (unpaired) electrons. The molecule has 1 heteroatoms. The van der Waals surface area contributed by atoms with E-state index in [9.17, 15) is 0 Å². The minimum absolute atomic E-state index is 1.34. The van der Waals surface area contributed by atoms with Crippen LogP contribution in [-0.2, 0) is 0 Å². The van der Waals surface area contributed by atoms with Crippen molar-refractivity contribution >= 4 is 11.8 Å². The molecule has 0 saturated carbocycles. The van der Waals surface area contributed by atoms with Crippen molar-refractivity contribution in [2.24, 2.45) is 0 Å². The van der Waals surface area contributed by atoms with Crippen LogP contribution in [0.4, 0.5) is 0 Å². The molecule has 1 fully saturated rings. The zero-order valence-electron chi connectivity index (χ0n) is 3.81. The zero-order valence-corrected chi connectivity index (χ0v) is 4.63. The standard InChI is InChI=1S/C5H9S/c1-2-4-6-5-3-1/h1H,2-5H2/q-1. The van der Waals surface area contributed by atoms with Crippen molar-refractivity contribution in [2.45, 2.75) is 12.8 Å². The Bertz CT molecular complexity index is 19.4. The highest BCUT2D eigenvalue weighted by Crippen LogP contribution is 2.13. The molecule has 1 heterocycles. The van der Waals surface area contributed by atoms with Crippen LogP contribution in [0, 0.1) is 6.42 Å². The Hall–Kier alpha value is 0.350.